The number of amides is 1. The minimum Gasteiger partial charge on any atom is -0.352 e. The number of carbonyl (C=O) groups is 1. The van der Waals surface area contributed by atoms with Crippen molar-refractivity contribution in [1.82, 2.24) is 10.0 Å². The fourth-order valence-corrected chi connectivity index (χ4v) is 5.17. The van der Waals surface area contributed by atoms with Gasteiger partial charge < -0.3 is 5.32 Å². The number of hydrogen-bond donors (Lipinski definition) is 2. The molecule has 1 amide bonds. The van der Waals surface area contributed by atoms with Crippen LogP contribution >= 0.6 is 15.9 Å². The first kappa shape index (κ1) is 18.4. The molecule has 0 radical (unpaired) electrons. The topological polar surface area (TPSA) is 109 Å². The van der Waals surface area contributed by atoms with E-state index in [0.717, 1.165) is 4.47 Å². The lowest BCUT2D eigenvalue weighted by atomic mass is 10.2. The molecule has 1 saturated heterocycles. The van der Waals surface area contributed by atoms with Gasteiger partial charge in [0.1, 0.15) is 0 Å². The molecule has 23 heavy (non-hydrogen) atoms. The van der Waals surface area contributed by atoms with Gasteiger partial charge in [-0.2, -0.15) is 0 Å². The first-order valence-electron chi connectivity index (χ1n) is 6.93. The molecule has 10 heteroatoms. The summed E-state index contributed by atoms with van der Waals surface area (Å²) in [6.07, 6.45) is 0.352. The Balaban J connectivity index is 1.80. The van der Waals surface area contributed by atoms with Crippen molar-refractivity contribution in [1.29, 1.82) is 0 Å². The largest absolute Gasteiger partial charge is 0.352 e. The Labute approximate surface area is 143 Å². The summed E-state index contributed by atoms with van der Waals surface area (Å²) in [7, 11) is -6.72. The van der Waals surface area contributed by atoms with E-state index in [2.05, 4.69) is 26.0 Å². The van der Waals surface area contributed by atoms with Gasteiger partial charge in [-0.05, 0) is 30.7 Å². The highest BCUT2D eigenvalue weighted by molar-refractivity contribution is 9.10. The van der Waals surface area contributed by atoms with E-state index >= 15 is 0 Å². The van der Waals surface area contributed by atoms with E-state index in [0.29, 0.717) is 6.42 Å². The molecule has 0 spiro atoms. The zero-order valence-electron chi connectivity index (χ0n) is 12.2. The minimum absolute atomic E-state index is 0.0493. The van der Waals surface area contributed by atoms with Gasteiger partial charge >= 0.3 is 0 Å². The summed E-state index contributed by atoms with van der Waals surface area (Å²) in [6.45, 7) is -0.0519. The van der Waals surface area contributed by atoms with E-state index in [-0.39, 0.29) is 41.3 Å². The predicted octanol–water partition coefficient (Wildman–Crippen LogP) is 0.421. The minimum atomic E-state index is -3.67. The molecule has 1 aromatic rings. The number of benzene rings is 1. The molecule has 0 saturated carbocycles. The molecule has 1 aromatic carbocycles. The zero-order valence-corrected chi connectivity index (χ0v) is 15.4. The number of hydrogen-bond acceptors (Lipinski definition) is 5. The van der Waals surface area contributed by atoms with Crippen LogP contribution in [0.2, 0.25) is 0 Å². The average Bonchev–Trinajstić information content (AvgIpc) is 2.78. The Hall–Kier alpha value is -0.970. The maximum Gasteiger partial charge on any atom is 0.240 e. The normalized spacial score (nSPS) is 20.3. The van der Waals surface area contributed by atoms with Gasteiger partial charge in [0.15, 0.2) is 9.84 Å². The van der Waals surface area contributed by atoms with Gasteiger partial charge in [-0.25, -0.2) is 21.6 Å². The second-order valence-corrected chi connectivity index (χ2v) is 10.2. The van der Waals surface area contributed by atoms with Crippen molar-refractivity contribution >= 4 is 41.7 Å². The van der Waals surface area contributed by atoms with Crippen LogP contribution in [-0.2, 0) is 24.7 Å². The highest BCUT2D eigenvalue weighted by Crippen LogP contribution is 2.14. The molecule has 1 aliphatic heterocycles. The first-order chi connectivity index (χ1) is 10.7. The highest BCUT2D eigenvalue weighted by Gasteiger charge is 2.28. The third kappa shape index (κ3) is 5.55. The first-order valence-corrected chi connectivity index (χ1v) is 11.0. The molecule has 1 aliphatic rings. The standard InChI is InChI=1S/C13H17BrN2O5S2/c14-10-1-3-12(4-2-10)23(20,21)15-7-5-13(17)16-11-6-8-22(18,19)9-11/h1-4,11,15H,5-9H2,(H,16,17). The third-order valence-corrected chi connectivity index (χ3v) is 7.14. The fraction of sp³-hybridized carbons (Fsp3) is 0.462. The van der Waals surface area contributed by atoms with Gasteiger partial charge in [0.05, 0.1) is 16.4 Å². The number of halogens is 1. The van der Waals surface area contributed by atoms with Crippen LogP contribution in [0, 0.1) is 0 Å². The summed E-state index contributed by atoms with van der Waals surface area (Å²) < 4.78 is 49.8. The van der Waals surface area contributed by atoms with Crippen LogP contribution in [0.3, 0.4) is 0 Å². The lowest BCUT2D eigenvalue weighted by molar-refractivity contribution is -0.121. The molecule has 7 nitrogen and oxygen atoms in total. The molecule has 1 fully saturated rings. The Morgan fingerprint density at radius 2 is 1.91 bits per heavy atom. The summed E-state index contributed by atoms with van der Waals surface area (Å²) >= 11 is 3.22. The molecule has 1 heterocycles. The van der Waals surface area contributed by atoms with Gasteiger partial charge in [0.25, 0.3) is 0 Å². The Kier molecular flexibility index (Phi) is 5.82. The summed E-state index contributed by atoms with van der Waals surface area (Å²) in [5.74, 6) is -0.345. The predicted molar refractivity (Wildman–Crippen MR) is 89.1 cm³/mol. The summed E-state index contributed by atoms with van der Waals surface area (Å²) in [5.41, 5.74) is 0. The van der Waals surface area contributed by atoms with Crippen LogP contribution < -0.4 is 10.0 Å². The van der Waals surface area contributed by atoms with E-state index in [1.165, 1.54) is 12.1 Å². The van der Waals surface area contributed by atoms with Crippen molar-refractivity contribution in [2.45, 2.75) is 23.8 Å². The van der Waals surface area contributed by atoms with Crippen molar-refractivity contribution < 1.29 is 21.6 Å². The van der Waals surface area contributed by atoms with Crippen molar-refractivity contribution in [3.63, 3.8) is 0 Å². The zero-order chi connectivity index (χ0) is 17.1. The quantitative estimate of drug-likeness (QED) is 0.687. The summed E-state index contributed by atoms with van der Waals surface area (Å²) in [6, 6.07) is 5.76. The molecule has 128 valence electrons. The molecule has 1 atom stereocenters. The SMILES string of the molecule is O=C(CCNS(=O)(=O)c1ccc(Br)cc1)NC1CCS(=O)(=O)C1. The van der Waals surface area contributed by atoms with Crippen molar-refractivity contribution in [2.24, 2.45) is 0 Å². The summed E-state index contributed by atoms with van der Waals surface area (Å²) in [5, 5.41) is 2.61. The summed E-state index contributed by atoms with van der Waals surface area (Å²) in [4.78, 5) is 11.8. The van der Waals surface area contributed by atoms with Gasteiger partial charge in [0.2, 0.25) is 15.9 Å². The van der Waals surface area contributed by atoms with Gasteiger partial charge in [-0.1, -0.05) is 15.9 Å². The van der Waals surface area contributed by atoms with Crippen LogP contribution in [0.4, 0.5) is 0 Å². The van der Waals surface area contributed by atoms with E-state index in [9.17, 15) is 21.6 Å². The molecule has 2 rings (SSSR count). The lowest BCUT2D eigenvalue weighted by Crippen LogP contribution is -2.37. The third-order valence-electron chi connectivity index (χ3n) is 3.37. The number of rotatable bonds is 6. The Bertz CT molecular complexity index is 775. The second kappa shape index (κ2) is 7.29. The molecule has 0 bridgehead atoms. The van der Waals surface area contributed by atoms with E-state index in [1.807, 2.05) is 0 Å². The van der Waals surface area contributed by atoms with E-state index in [4.69, 9.17) is 0 Å². The van der Waals surface area contributed by atoms with Gasteiger partial charge in [-0.15, -0.1) is 0 Å². The molecule has 1 unspecified atom stereocenters. The molecule has 0 aliphatic carbocycles. The maximum atomic E-state index is 12.0. The highest BCUT2D eigenvalue weighted by atomic mass is 79.9. The number of nitrogens with one attached hydrogen (secondary N) is 2. The van der Waals surface area contributed by atoms with Crippen molar-refractivity contribution in [3.05, 3.63) is 28.7 Å². The Morgan fingerprint density at radius 1 is 1.26 bits per heavy atom. The van der Waals surface area contributed by atoms with Crippen LogP contribution in [0.25, 0.3) is 0 Å². The van der Waals surface area contributed by atoms with E-state index < -0.39 is 19.9 Å². The molecule has 0 aromatic heterocycles. The number of sulfone groups is 1. The van der Waals surface area contributed by atoms with Crippen LogP contribution in [0.15, 0.2) is 33.6 Å². The van der Waals surface area contributed by atoms with Gasteiger partial charge in [-0.3, -0.25) is 4.79 Å². The smallest absolute Gasteiger partial charge is 0.240 e. The van der Waals surface area contributed by atoms with Crippen molar-refractivity contribution in [2.75, 3.05) is 18.1 Å². The molecule has 2 N–H and O–H groups in total. The monoisotopic (exact) mass is 424 g/mol. The molecular formula is C13H17BrN2O5S2. The lowest BCUT2D eigenvalue weighted by Gasteiger charge is -2.11. The van der Waals surface area contributed by atoms with Crippen LogP contribution in [0.5, 0.6) is 0 Å². The van der Waals surface area contributed by atoms with Crippen LogP contribution in [-0.4, -0.2) is 46.8 Å². The number of sulfonamides is 1. The Morgan fingerprint density at radius 3 is 2.48 bits per heavy atom. The van der Waals surface area contributed by atoms with E-state index in [1.54, 1.807) is 12.1 Å². The second-order valence-electron chi connectivity index (χ2n) is 5.27. The van der Waals surface area contributed by atoms with Gasteiger partial charge in [0, 0.05) is 23.5 Å². The molecular weight excluding hydrogens is 408 g/mol. The van der Waals surface area contributed by atoms with Crippen LogP contribution in [0.1, 0.15) is 12.8 Å². The fourth-order valence-electron chi connectivity index (χ4n) is 2.20. The maximum absolute atomic E-state index is 12.0. The van der Waals surface area contributed by atoms with Crippen molar-refractivity contribution in [3.8, 4) is 0 Å². The average molecular weight is 425 g/mol. The number of carbonyl (C=O) groups excluding carboxylic acids is 1.